The van der Waals surface area contributed by atoms with Gasteiger partial charge in [-0.1, -0.05) is 0 Å². The van der Waals surface area contributed by atoms with Crippen LogP contribution in [0, 0.1) is 3.57 Å². The van der Waals surface area contributed by atoms with Crippen LogP contribution in [0.15, 0.2) is 48.5 Å². The van der Waals surface area contributed by atoms with Crippen molar-refractivity contribution in [3.05, 3.63) is 57.7 Å². The number of halogens is 1. The van der Waals surface area contributed by atoms with Gasteiger partial charge in [0, 0.05) is 14.8 Å². The van der Waals surface area contributed by atoms with E-state index in [4.69, 9.17) is 4.74 Å². The first kappa shape index (κ1) is 13.9. The molecule has 0 aliphatic rings. The molecule has 0 unspecified atom stereocenters. The van der Waals surface area contributed by atoms with Gasteiger partial charge in [-0.25, -0.2) is 0 Å². The lowest BCUT2D eigenvalue weighted by Crippen LogP contribution is -2.11. The standard InChI is InChI=1S/C15H14INO2/c1-2-19-14-9-7-13(8-10-14)17-15(18)11-3-5-12(16)6-4-11/h3-10H,2H2,1H3,(H,17,18). The first-order valence-corrected chi connectivity index (χ1v) is 7.06. The summed E-state index contributed by atoms with van der Waals surface area (Å²) in [5, 5.41) is 2.85. The highest BCUT2D eigenvalue weighted by atomic mass is 127. The molecule has 0 aliphatic carbocycles. The van der Waals surface area contributed by atoms with Gasteiger partial charge in [-0.05, 0) is 78.0 Å². The van der Waals surface area contributed by atoms with E-state index in [1.165, 1.54) is 0 Å². The van der Waals surface area contributed by atoms with Crippen LogP contribution in [0.1, 0.15) is 17.3 Å². The normalized spacial score (nSPS) is 10.0. The number of rotatable bonds is 4. The Morgan fingerprint density at radius 2 is 1.74 bits per heavy atom. The molecule has 2 aromatic carbocycles. The zero-order chi connectivity index (χ0) is 13.7. The number of amides is 1. The predicted octanol–water partition coefficient (Wildman–Crippen LogP) is 3.94. The average Bonchev–Trinajstić information content (AvgIpc) is 2.42. The Balaban J connectivity index is 2.04. The van der Waals surface area contributed by atoms with Crippen LogP contribution in [-0.2, 0) is 0 Å². The first-order valence-electron chi connectivity index (χ1n) is 5.99. The number of carbonyl (C=O) groups excluding carboxylic acids is 1. The molecule has 2 aromatic rings. The number of hydrogen-bond acceptors (Lipinski definition) is 2. The van der Waals surface area contributed by atoms with E-state index in [1.807, 2.05) is 55.5 Å². The quantitative estimate of drug-likeness (QED) is 0.832. The smallest absolute Gasteiger partial charge is 0.255 e. The molecule has 1 N–H and O–H groups in total. The zero-order valence-corrected chi connectivity index (χ0v) is 12.7. The third kappa shape index (κ3) is 3.96. The molecule has 0 atom stereocenters. The van der Waals surface area contributed by atoms with Gasteiger partial charge in [-0.15, -0.1) is 0 Å². The lowest BCUT2D eigenvalue weighted by Gasteiger charge is -2.07. The van der Waals surface area contributed by atoms with E-state index >= 15 is 0 Å². The van der Waals surface area contributed by atoms with Crippen molar-refractivity contribution in [1.29, 1.82) is 0 Å². The molecule has 0 heterocycles. The summed E-state index contributed by atoms with van der Waals surface area (Å²) in [5.74, 6) is 0.690. The van der Waals surface area contributed by atoms with Crippen molar-refractivity contribution < 1.29 is 9.53 Å². The Hall–Kier alpha value is -1.56. The maximum atomic E-state index is 12.0. The highest BCUT2D eigenvalue weighted by molar-refractivity contribution is 14.1. The van der Waals surface area contributed by atoms with Gasteiger partial charge in [-0.2, -0.15) is 0 Å². The average molecular weight is 367 g/mol. The van der Waals surface area contributed by atoms with E-state index < -0.39 is 0 Å². The maximum Gasteiger partial charge on any atom is 0.255 e. The van der Waals surface area contributed by atoms with Gasteiger partial charge in [0.05, 0.1) is 6.61 Å². The van der Waals surface area contributed by atoms with E-state index in [2.05, 4.69) is 27.9 Å². The fraction of sp³-hybridized carbons (Fsp3) is 0.133. The Kier molecular flexibility index (Phi) is 4.79. The molecule has 19 heavy (non-hydrogen) atoms. The molecule has 3 nitrogen and oxygen atoms in total. The number of ether oxygens (including phenoxy) is 1. The van der Waals surface area contributed by atoms with E-state index in [0.29, 0.717) is 12.2 Å². The minimum atomic E-state index is -0.111. The molecule has 0 radical (unpaired) electrons. The monoisotopic (exact) mass is 367 g/mol. The van der Waals surface area contributed by atoms with Crippen molar-refractivity contribution in [3.63, 3.8) is 0 Å². The lowest BCUT2D eigenvalue weighted by atomic mass is 10.2. The lowest BCUT2D eigenvalue weighted by molar-refractivity contribution is 0.102. The van der Waals surface area contributed by atoms with Crippen LogP contribution in [0.2, 0.25) is 0 Å². The molecular weight excluding hydrogens is 353 g/mol. The Bertz CT molecular complexity index is 549. The number of hydrogen-bond donors (Lipinski definition) is 1. The molecule has 4 heteroatoms. The summed E-state index contributed by atoms with van der Waals surface area (Å²) >= 11 is 2.21. The number of benzene rings is 2. The second kappa shape index (κ2) is 6.56. The predicted molar refractivity (Wildman–Crippen MR) is 84.7 cm³/mol. The van der Waals surface area contributed by atoms with Crippen molar-refractivity contribution >= 4 is 34.2 Å². The van der Waals surface area contributed by atoms with Crippen LogP contribution < -0.4 is 10.1 Å². The molecule has 0 saturated carbocycles. The summed E-state index contributed by atoms with van der Waals surface area (Å²) < 4.78 is 6.46. The molecule has 0 fully saturated rings. The molecule has 0 aliphatic heterocycles. The zero-order valence-electron chi connectivity index (χ0n) is 10.5. The Labute approximate surface area is 126 Å². The summed E-state index contributed by atoms with van der Waals surface area (Å²) in [4.78, 5) is 12.0. The van der Waals surface area contributed by atoms with Crippen LogP contribution in [0.4, 0.5) is 5.69 Å². The number of anilines is 1. The molecule has 0 bridgehead atoms. The third-order valence-corrected chi connectivity index (χ3v) is 3.25. The highest BCUT2D eigenvalue weighted by Crippen LogP contribution is 2.16. The summed E-state index contributed by atoms with van der Waals surface area (Å²) in [7, 11) is 0. The highest BCUT2D eigenvalue weighted by Gasteiger charge is 2.05. The minimum Gasteiger partial charge on any atom is -0.494 e. The second-order valence-corrected chi connectivity index (χ2v) is 5.16. The van der Waals surface area contributed by atoms with E-state index in [-0.39, 0.29) is 5.91 Å². The molecule has 0 saturated heterocycles. The SMILES string of the molecule is CCOc1ccc(NC(=O)c2ccc(I)cc2)cc1. The van der Waals surface area contributed by atoms with Crippen LogP contribution in [-0.4, -0.2) is 12.5 Å². The van der Waals surface area contributed by atoms with Crippen molar-refractivity contribution in [1.82, 2.24) is 0 Å². The number of nitrogens with one attached hydrogen (secondary N) is 1. The van der Waals surface area contributed by atoms with Crippen molar-refractivity contribution in [2.75, 3.05) is 11.9 Å². The largest absolute Gasteiger partial charge is 0.494 e. The van der Waals surface area contributed by atoms with Gasteiger partial charge < -0.3 is 10.1 Å². The molecule has 1 amide bonds. The van der Waals surface area contributed by atoms with Crippen molar-refractivity contribution in [2.45, 2.75) is 6.92 Å². The summed E-state index contributed by atoms with van der Waals surface area (Å²) in [6, 6.07) is 14.8. The van der Waals surface area contributed by atoms with E-state index in [9.17, 15) is 4.79 Å². The molecule has 2 rings (SSSR count). The van der Waals surface area contributed by atoms with Gasteiger partial charge in [0.2, 0.25) is 0 Å². The molecule has 0 aromatic heterocycles. The Morgan fingerprint density at radius 3 is 2.32 bits per heavy atom. The second-order valence-electron chi connectivity index (χ2n) is 3.92. The summed E-state index contributed by atoms with van der Waals surface area (Å²) in [5.41, 5.74) is 1.40. The van der Waals surface area contributed by atoms with Gasteiger partial charge in [-0.3, -0.25) is 4.79 Å². The van der Waals surface area contributed by atoms with E-state index in [1.54, 1.807) is 0 Å². The fourth-order valence-electron chi connectivity index (χ4n) is 1.61. The third-order valence-electron chi connectivity index (χ3n) is 2.53. The minimum absolute atomic E-state index is 0.111. The molecule has 0 spiro atoms. The molecule has 98 valence electrons. The van der Waals surface area contributed by atoms with Gasteiger partial charge in [0.25, 0.3) is 5.91 Å². The van der Waals surface area contributed by atoms with Crippen LogP contribution in [0.25, 0.3) is 0 Å². The van der Waals surface area contributed by atoms with E-state index in [0.717, 1.165) is 15.0 Å². The van der Waals surface area contributed by atoms with Crippen LogP contribution in [0.5, 0.6) is 5.75 Å². The van der Waals surface area contributed by atoms with Gasteiger partial charge in [0.1, 0.15) is 5.75 Å². The van der Waals surface area contributed by atoms with Gasteiger partial charge >= 0.3 is 0 Å². The fourth-order valence-corrected chi connectivity index (χ4v) is 1.97. The van der Waals surface area contributed by atoms with Crippen molar-refractivity contribution in [3.8, 4) is 5.75 Å². The molecular formula is C15H14INO2. The van der Waals surface area contributed by atoms with Crippen LogP contribution in [0.3, 0.4) is 0 Å². The topological polar surface area (TPSA) is 38.3 Å². The Morgan fingerprint density at radius 1 is 1.11 bits per heavy atom. The van der Waals surface area contributed by atoms with Crippen molar-refractivity contribution in [2.24, 2.45) is 0 Å². The van der Waals surface area contributed by atoms with Crippen LogP contribution >= 0.6 is 22.6 Å². The number of carbonyl (C=O) groups is 1. The van der Waals surface area contributed by atoms with Gasteiger partial charge in [0.15, 0.2) is 0 Å². The summed E-state index contributed by atoms with van der Waals surface area (Å²) in [6.45, 7) is 2.57. The maximum absolute atomic E-state index is 12.0. The first-order chi connectivity index (χ1) is 9.19. The summed E-state index contributed by atoms with van der Waals surface area (Å²) in [6.07, 6.45) is 0.